The second-order valence-corrected chi connectivity index (χ2v) is 7.11. The summed E-state index contributed by atoms with van der Waals surface area (Å²) in [5, 5.41) is 17.0. The molecular weight excluding hydrogens is 318 g/mol. The number of hydrogen-bond acceptors (Lipinski definition) is 4. The number of carboxylic acid groups (broad SMARTS) is 1. The minimum absolute atomic E-state index is 0.307. The van der Waals surface area contributed by atoms with Gasteiger partial charge in [-0.05, 0) is 50.0 Å². The predicted octanol–water partition coefficient (Wildman–Crippen LogP) is 3.21. The van der Waals surface area contributed by atoms with Crippen LogP contribution in [0.2, 0.25) is 0 Å². The van der Waals surface area contributed by atoms with E-state index in [1.54, 1.807) is 12.1 Å². The molecule has 1 aliphatic carbocycles. The first kappa shape index (κ1) is 16.9. The van der Waals surface area contributed by atoms with E-state index < -0.39 is 5.97 Å². The summed E-state index contributed by atoms with van der Waals surface area (Å²) in [4.78, 5) is 12.0. The Morgan fingerprint density at radius 2 is 2.05 bits per heavy atom. The average Bonchev–Trinajstić information content (AvgIpc) is 2.97. The van der Waals surface area contributed by atoms with E-state index in [-0.39, 0.29) is 0 Å². The van der Waals surface area contributed by atoms with Gasteiger partial charge in [0.15, 0.2) is 5.11 Å². The van der Waals surface area contributed by atoms with Crippen LogP contribution in [-0.2, 0) is 0 Å². The van der Waals surface area contributed by atoms with Gasteiger partial charge in [-0.15, -0.1) is 11.3 Å². The van der Waals surface area contributed by atoms with Crippen molar-refractivity contribution in [3.05, 3.63) is 21.9 Å². The Bertz CT molecular complexity index is 583. The molecule has 1 aliphatic rings. The highest BCUT2D eigenvalue weighted by atomic mass is 32.1. The van der Waals surface area contributed by atoms with Crippen LogP contribution < -0.4 is 10.7 Å². The molecule has 0 aromatic carbocycles. The SMILES string of the molecule is C/C(=N/NC(=S)N[C@H]1CCCC[C@H]1C)c1ccc(C(=O)O)s1. The summed E-state index contributed by atoms with van der Waals surface area (Å²) in [6.45, 7) is 4.07. The van der Waals surface area contributed by atoms with Crippen molar-refractivity contribution < 1.29 is 9.90 Å². The van der Waals surface area contributed by atoms with Crippen LogP contribution in [-0.4, -0.2) is 27.9 Å². The minimum atomic E-state index is -0.916. The third-order valence-electron chi connectivity index (χ3n) is 3.93. The molecule has 0 spiro atoms. The summed E-state index contributed by atoms with van der Waals surface area (Å²) in [7, 11) is 0. The fourth-order valence-corrected chi connectivity index (χ4v) is 3.56. The summed E-state index contributed by atoms with van der Waals surface area (Å²) in [5.74, 6) is -0.297. The van der Waals surface area contributed by atoms with Gasteiger partial charge in [0.05, 0.1) is 10.6 Å². The molecule has 1 aromatic rings. The lowest BCUT2D eigenvalue weighted by atomic mass is 9.86. The first-order chi connectivity index (χ1) is 10.5. The number of aromatic carboxylic acids is 1. The Kier molecular flexibility index (Phi) is 5.90. The third-order valence-corrected chi connectivity index (χ3v) is 5.32. The van der Waals surface area contributed by atoms with Crippen LogP contribution >= 0.6 is 23.6 Å². The zero-order valence-electron chi connectivity index (χ0n) is 12.8. The van der Waals surface area contributed by atoms with Gasteiger partial charge in [0.1, 0.15) is 4.88 Å². The van der Waals surface area contributed by atoms with E-state index in [1.807, 2.05) is 6.92 Å². The van der Waals surface area contributed by atoms with Gasteiger partial charge in [0, 0.05) is 6.04 Å². The molecule has 0 aliphatic heterocycles. The van der Waals surface area contributed by atoms with Gasteiger partial charge >= 0.3 is 5.97 Å². The molecule has 5 nitrogen and oxygen atoms in total. The molecule has 0 saturated heterocycles. The van der Waals surface area contributed by atoms with Crippen molar-refractivity contribution in [3.8, 4) is 0 Å². The molecule has 22 heavy (non-hydrogen) atoms. The van der Waals surface area contributed by atoms with Crippen LogP contribution in [0.25, 0.3) is 0 Å². The first-order valence-corrected chi connectivity index (χ1v) is 8.64. The van der Waals surface area contributed by atoms with Crippen molar-refractivity contribution in [2.45, 2.75) is 45.6 Å². The molecular formula is C15H21N3O2S2. The number of hydrazone groups is 1. The first-order valence-electron chi connectivity index (χ1n) is 7.41. The zero-order valence-corrected chi connectivity index (χ0v) is 14.4. The van der Waals surface area contributed by atoms with Crippen molar-refractivity contribution in [2.75, 3.05) is 0 Å². The molecule has 2 rings (SSSR count). The van der Waals surface area contributed by atoms with E-state index in [9.17, 15) is 4.79 Å². The van der Waals surface area contributed by atoms with Crippen LogP contribution in [0.4, 0.5) is 0 Å². The van der Waals surface area contributed by atoms with Gasteiger partial charge < -0.3 is 10.4 Å². The molecule has 1 heterocycles. The van der Waals surface area contributed by atoms with Gasteiger partial charge in [0.2, 0.25) is 0 Å². The van der Waals surface area contributed by atoms with E-state index in [2.05, 4.69) is 22.8 Å². The van der Waals surface area contributed by atoms with Crippen LogP contribution in [0.15, 0.2) is 17.2 Å². The largest absolute Gasteiger partial charge is 0.477 e. The lowest BCUT2D eigenvalue weighted by Gasteiger charge is -2.30. The summed E-state index contributed by atoms with van der Waals surface area (Å²) >= 11 is 6.49. The molecule has 120 valence electrons. The summed E-state index contributed by atoms with van der Waals surface area (Å²) in [5.41, 5.74) is 3.58. The number of thiocarbonyl (C=S) groups is 1. The van der Waals surface area contributed by atoms with Gasteiger partial charge in [0.25, 0.3) is 0 Å². The van der Waals surface area contributed by atoms with Gasteiger partial charge in [-0.2, -0.15) is 5.10 Å². The van der Waals surface area contributed by atoms with Gasteiger partial charge in [-0.1, -0.05) is 19.8 Å². The summed E-state index contributed by atoms with van der Waals surface area (Å²) < 4.78 is 0. The normalized spacial score (nSPS) is 22.2. The maximum absolute atomic E-state index is 10.9. The fourth-order valence-electron chi connectivity index (χ4n) is 2.57. The Balaban J connectivity index is 1.89. The number of thiophene rings is 1. The Labute approximate surface area is 139 Å². The Hall–Kier alpha value is -1.47. The van der Waals surface area contributed by atoms with Crippen LogP contribution in [0.1, 0.15) is 54.1 Å². The predicted molar refractivity (Wildman–Crippen MR) is 93.8 cm³/mol. The van der Waals surface area contributed by atoms with E-state index in [4.69, 9.17) is 17.3 Å². The average molecular weight is 339 g/mol. The highest BCUT2D eigenvalue weighted by Crippen LogP contribution is 2.23. The maximum Gasteiger partial charge on any atom is 0.345 e. The molecule has 0 bridgehead atoms. The van der Waals surface area contributed by atoms with Crippen LogP contribution in [0, 0.1) is 5.92 Å². The number of hydrogen-bond donors (Lipinski definition) is 3. The summed E-state index contributed by atoms with van der Waals surface area (Å²) in [6.07, 6.45) is 4.90. The van der Waals surface area contributed by atoms with Crippen molar-refractivity contribution in [2.24, 2.45) is 11.0 Å². The molecule has 2 atom stereocenters. The van der Waals surface area contributed by atoms with Crippen molar-refractivity contribution in [3.63, 3.8) is 0 Å². The molecule has 1 aromatic heterocycles. The third kappa shape index (κ3) is 4.51. The topological polar surface area (TPSA) is 73.7 Å². The van der Waals surface area contributed by atoms with E-state index in [0.717, 1.165) is 17.0 Å². The lowest BCUT2D eigenvalue weighted by Crippen LogP contribution is -2.44. The number of rotatable bonds is 4. The van der Waals surface area contributed by atoms with Gasteiger partial charge in [-0.3, -0.25) is 5.43 Å². The number of carboxylic acids is 1. The highest BCUT2D eigenvalue weighted by Gasteiger charge is 2.21. The van der Waals surface area contributed by atoms with E-state index in [0.29, 0.717) is 21.9 Å². The summed E-state index contributed by atoms with van der Waals surface area (Å²) in [6, 6.07) is 3.75. The molecule has 0 radical (unpaired) electrons. The monoisotopic (exact) mass is 339 g/mol. The van der Waals surface area contributed by atoms with Crippen molar-refractivity contribution >= 4 is 40.3 Å². The molecule has 0 amide bonds. The number of nitrogens with zero attached hydrogens (tertiary/aromatic N) is 1. The van der Waals surface area contributed by atoms with E-state index >= 15 is 0 Å². The van der Waals surface area contributed by atoms with Crippen LogP contribution in [0.5, 0.6) is 0 Å². The standard InChI is InChI=1S/C15H21N3O2S2/c1-9-5-3-4-6-11(9)16-15(21)18-17-10(2)12-7-8-13(22-12)14(19)20/h7-9,11H,3-6H2,1-2H3,(H,19,20)(H2,16,18,21)/b17-10-/t9-,11+/m1/s1. The zero-order chi connectivity index (χ0) is 16.1. The van der Waals surface area contributed by atoms with Crippen molar-refractivity contribution in [1.29, 1.82) is 0 Å². The molecule has 7 heteroatoms. The molecule has 1 saturated carbocycles. The lowest BCUT2D eigenvalue weighted by molar-refractivity contribution is 0.0702. The molecule has 0 unspecified atom stereocenters. The van der Waals surface area contributed by atoms with Crippen LogP contribution in [0.3, 0.4) is 0 Å². The Morgan fingerprint density at radius 1 is 1.36 bits per heavy atom. The second-order valence-electron chi connectivity index (χ2n) is 5.62. The number of carbonyl (C=O) groups is 1. The quantitative estimate of drug-likeness (QED) is 0.446. The van der Waals surface area contributed by atoms with E-state index in [1.165, 1.54) is 30.6 Å². The molecule has 1 fully saturated rings. The van der Waals surface area contributed by atoms with Gasteiger partial charge in [-0.25, -0.2) is 4.79 Å². The molecule has 3 N–H and O–H groups in total. The smallest absolute Gasteiger partial charge is 0.345 e. The Morgan fingerprint density at radius 3 is 2.68 bits per heavy atom. The number of nitrogens with one attached hydrogen (secondary N) is 2. The fraction of sp³-hybridized carbons (Fsp3) is 0.533. The minimum Gasteiger partial charge on any atom is -0.477 e. The second kappa shape index (κ2) is 7.69. The maximum atomic E-state index is 10.9. The highest BCUT2D eigenvalue weighted by molar-refractivity contribution is 7.80. The van der Waals surface area contributed by atoms with Crippen molar-refractivity contribution in [1.82, 2.24) is 10.7 Å².